The van der Waals surface area contributed by atoms with Crippen molar-refractivity contribution in [1.29, 1.82) is 0 Å². The van der Waals surface area contributed by atoms with E-state index in [-0.39, 0.29) is 5.91 Å². The summed E-state index contributed by atoms with van der Waals surface area (Å²) in [6.07, 6.45) is 4.31. The van der Waals surface area contributed by atoms with Gasteiger partial charge >= 0.3 is 0 Å². The van der Waals surface area contributed by atoms with Gasteiger partial charge in [0.1, 0.15) is 6.33 Å². The Labute approximate surface area is 56.7 Å². The molecule has 0 radical (unpaired) electrons. The summed E-state index contributed by atoms with van der Waals surface area (Å²) in [6.45, 7) is 0. The van der Waals surface area contributed by atoms with Crippen molar-refractivity contribution < 1.29 is 4.79 Å². The number of carbonyl (C=O) groups is 1. The van der Waals surface area contributed by atoms with Crippen molar-refractivity contribution >= 4 is 12.1 Å². The zero-order chi connectivity index (χ0) is 6.97. The van der Waals surface area contributed by atoms with Gasteiger partial charge in [-0.3, -0.25) is 4.79 Å². The average Bonchev–Trinajstić information content (AvgIpc) is 2.34. The number of aromatic nitrogens is 2. The second-order valence-corrected chi connectivity index (χ2v) is 1.89. The number of aliphatic imine (C=N–C) groups is 1. The molecule has 0 unspecified atom stereocenters. The number of fused-ring (bicyclic) bond motifs is 1. The fourth-order valence-corrected chi connectivity index (χ4v) is 0.796. The van der Waals surface area contributed by atoms with E-state index in [0.717, 1.165) is 0 Å². The van der Waals surface area contributed by atoms with Crippen molar-refractivity contribution in [3.8, 4) is 0 Å². The maximum absolute atomic E-state index is 10.8. The van der Waals surface area contributed by atoms with E-state index < -0.39 is 0 Å². The summed E-state index contributed by atoms with van der Waals surface area (Å²) in [5.74, 6) is -0.254. The molecule has 1 amide bonds. The standard InChI is InChI=1S/C6H3N3O/c10-6-4-1-7-3-9-5(4)2-8-6/h1-3H. The van der Waals surface area contributed by atoms with Crippen LogP contribution < -0.4 is 0 Å². The predicted octanol–water partition coefficient (Wildman–Crippen LogP) is 0.0493. The number of amides is 1. The van der Waals surface area contributed by atoms with E-state index >= 15 is 0 Å². The predicted molar refractivity (Wildman–Crippen MR) is 34.0 cm³/mol. The van der Waals surface area contributed by atoms with Crippen LogP contribution in [-0.2, 0) is 0 Å². The van der Waals surface area contributed by atoms with Gasteiger partial charge in [-0.15, -0.1) is 0 Å². The van der Waals surface area contributed by atoms with Crippen LogP contribution in [0.3, 0.4) is 0 Å². The molecule has 4 heteroatoms. The molecule has 0 bridgehead atoms. The smallest absolute Gasteiger partial charge is 0.267 e. The minimum atomic E-state index is -0.254. The Morgan fingerprint density at radius 2 is 2.30 bits per heavy atom. The lowest BCUT2D eigenvalue weighted by atomic mass is 10.3. The van der Waals surface area contributed by atoms with Crippen molar-refractivity contribution in [3.05, 3.63) is 23.8 Å². The lowest BCUT2D eigenvalue weighted by molar-refractivity contribution is 0.101. The van der Waals surface area contributed by atoms with E-state index in [4.69, 9.17) is 0 Å². The first-order valence-corrected chi connectivity index (χ1v) is 2.76. The molecule has 0 fully saturated rings. The number of hydrogen-bond acceptors (Lipinski definition) is 3. The van der Waals surface area contributed by atoms with E-state index in [1.165, 1.54) is 18.7 Å². The number of nitrogens with zero attached hydrogens (tertiary/aromatic N) is 3. The maximum atomic E-state index is 10.8. The third-order valence-corrected chi connectivity index (χ3v) is 1.28. The summed E-state index contributed by atoms with van der Waals surface area (Å²) in [5.41, 5.74) is 1.10. The molecule has 0 atom stereocenters. The molecule has 1 aromatic rings. The Morgan fingerprint density at radius 3 is 3.10 bits per heavy atom. The van der Waals surface area contributed by atoms with Crippen molar-refractivity contribution in [3.63, 3.8) is 0 Å². The molecule has 0 saturated heterocycles. The Morgan fingerprint density at radius 1 is 1.40 bits per heavy atom. The molecule has 0 saturated carbocycles. The quantitative estimate of drug-likeness (QED) is 0.502. The molecule has 10 heavy (non-hydrogen) atoms. The minimum Gasteiger partial charge on any atom is -0.267 e. The van der Waals surface area contributed by atoms with Gasteiger partial charge in [0.25, 0.3) is 5.91 Å². The van der Waals surface area contributed by atoms with Crippen molar-refractivity contribution in [2.24, 2.45) is 4.99 Å². The Hall–Kier alpha value is -1.58. The Bertz CT molecular complexity index is 319. The van der Waals surface area contributed by atoms with Gasteiger partial charge in [-0.05, 0) is 0 Å². The van der Waals surface area contributed by atoms with Crippen molar-refractivity contribution in [2.75, 3.05) is 0 Å². The molecule has 48 valence electrons. The largest absolute Gasteiger partial charge is 0.280 e. The van der Waals surface area contributed by atoms with Gasteiger partial charge in [0.15, 0.2) is 0 Å². The normalized spacial score (nSPS) is 13.8. The summed E-state index contributed by atoms with van der Waals surface area (Å²) in [4.78, 5) is 21.8. The van der Waals surface area contributed by atoms with E-state index in [0.29, 0.717) is 11.3 Å². The van der Waals surface area contributed by atoms with Crippen LogP contribution in [0.1, 0.15) is 16.1 Å². The monoisotopic (exact) mass is 133 g/mol. The second kappa shape index (κ2) is 1.70. The lowest BCUT2D eigenvalue weighted by Gasteiger charge is -1.88. The summed E-state index contributed by atoms with van der Waals surface area (Å²) in [5, 5.41) is 0. The number of carbonyl (C=O) groups excluding carboxylic acids is 1. The molecular weight excluding hydrogens is 130 g/mol. The third-order valence-electron chi connectivity index (χ3n) is 1.28. The SMILES string of the molecule is O=C1N=Cc2ncncc21. The van der Waals surface area contributed by atoms with Crippen LogP contribution in [0.2, 0.25) is 0 Å². The highest BCUT2D eigenvalue weighted by atomic mass is 16.1. The van der Waals surface area contributed by atoms with Crippen LogP contribution in [0.4, 0.5) is 0 Å². The molecule has 0 spiro atoms. The Kier molecular flexibility index (Phi) is 0.887. The van der Waals surface area contributed by atoms with Gasteiger partial charge in [-0.2, -0.15) is 0 Å². The highest BCUT2D eigenvalue weighted by Gasteiger charge is 2.15. The van der Waals surface area contributed by atoms with Gasteiger partial charge in [0, 0.05) is 6.20 Å². The number of hydrogen-bond donors (Lipinski definition) is 0. The maximum Gasteiger partial charge on any atom is 0.280 e. The molecule has 1 aliphatic rings. The van der Waals surface area contributed by atoms with Crippen molar-refractivity contribution in [1.82, 2.24) is 9.97 Å². The molecule has 0 aromatic carbocycles. The third kappa shape index (κ3) is 0.556. The van der Waals surface area contributed by atoms with Gasteiger partial charge in [0.2, 0.25) is 0 Å². The molecule has 2 heterocycles. The van der Waals surface area contributed by atoms with Crippen LogP contribution in [0.15, 0.2) is 17.5 Å². The van der Waals surface area contributed by atoms with Crippen LogP contribution in [-0.4, -0.2) is 22.1 Å². The lowest BCUT2D eigenvalue weighted by Crippen LogP contribution is -1.94. The van der Waals surface area contributed by atoms with E-state index in [2.05, 4.69) is 15.0 Å². The average molecular weight is 133 g/mol. The molecular formula is C6H3N3O. The fourth-order valence-electron chi connectivity index (χ4n) is 0.796. The molecule has 1 aliphatic heterocycles. The first-order chi connectivity index (χ1) is 4.88. The summed E-state index contributed by atoms with van der Waals surface area (Å²) in [7, 11) is 0. The van der Waals surface area contributed by atoms with Crippen molar-refractivity contribution in [2.45, 2.75) is 0 Å². The topological polar surface area (TPSA) is 55.2 Å². The van der Waals surface area contributed by atoms with E-state index in [1.54, 1.807) is 0 Å². The van der Waals surface area contributed by atoms with Crippen LogP contribution in [0.5, 0.6) is 0 Å². The molecule has 1 aromatic heterocycles. The molecule has 2 rings (SSSR count). The zero-order valence-electron chi connectivity index (χ0n) is 4.98. The van der Waals surface area contributed by atoms with Crippen LogP contribution in [0, 0.1) is 0 Å². The highest BCUT2D eigenvalue weighted by molar-refractivity contribution is 6.11. The van der Waals surface area contributed by atoms with Gasteiger partial charge < -0.3 is 0 Å². The van der Waals surface area contributed by atoms with E-state index in [1.807, 2.05) is 0 Å². The van der Waals surface area contributed by atoms with Gasteiger partial charge in [-0.25, -0.2) is 15.0 Å². The molecule has 0 N–H and O–H groups in total. The first-order valence-electron chi connectivity index (χ1n) is 2.76. The van der Waals surface area contributed by atoms with Gasteiger partial charge in [-0.1, -0.05) is 0 Å². The highest BCUT2D eigenvalue weighted by Crippen LogP contribution is 2.08. The summed E-state index contributed by atoms with van der Waals surface area (Å²) >= 11 is 0. The van der Waals surface area contributed by atoms with Crippen LogP contribution in [0.25, 0.3) is 0 Å². The van der Waals surface area contributed by atoms with Crippen LogP contribution >= 0.6 is 0 Å². The minimum absolute atomic E-state index is 0.254. The summed E-state index contributed by atoms with van der Waals surface area (Å²) < 4.78 is 0. The van der Waals surface area contributed by atoms with E-state index in [9.17, 15) is 4.79 Å². The second-order valence-electron chi connectivity index (χ2n) is 1.89. The first kappa shape index (κ1) is 5.22. The fraction of sp³-hybridized carbons (Fsp3) is 0. The Balaban J connectivity index is 2.70. The summed E-state index contributed by atoms with van der Waals surface area (Å²) in [6, 6.07) is 0. The zero-order valence-corrected chi connectivity index (χ0v) is 4.98. The molecule has 4 nitrogen and oxygen atoms in total. The number of rotatable bonds is 0. The van der Waals surface area contributed by atoms with Gasteiger partial charge in [0.05, 0.1) is 17.5 Å². The molecule has 0 aliphatic carbocycles.